The molecule has 0 atom stereocenters. The molecule has 0 unspecified atom stereocenters. The van der Waals surface area contributed by atoms with Crippen molar-refractivity contribution in [2.24, 2.45) is 0 Å². The number of carbonyl (C=O) groups excluding carboxylic acids is 3. The Bertz CT molecular complexity index is 1400. The number of anilines is 1. The minimum atomic E-state index is -0.425. The van der Waals surface area contributed by atoms with Crippen LogP contribution in [0.3, 0.4) is 0 Å². The fourth-order valence-electron chi connectivity index (χ4n) is 3.73. The quantitative estimate of drug-likeness (QED) is 0.407. The molecule has 2 heterocycles. The number of nitrogens with one attached hydrogen (secondary N) is 1. The lowest BCUT2D eigenvalue weighted by molar-refractivity contribution is 0.0642. The number of rotatable bonds is 6. The molecular formula is C26H19N3O4S. The summed E-state index contributed by atoms with van der Waals surface area (Å²) in [7, 11) is 1.57. The highest BCUT2D eigenvalue weighted by Gasteiger charge is 2.36. The van der Waals surface area contributed by atoms with Gasteiger partial charge < -0.3 is 4.74 Å². The predicted molar refractivity (Wildman–Crippen MR) is 129 cm³/mol. The largest absolute Gasteiger partial charge is 0.497 e. The molecule has 3 amide bonds. The van der Waals surface area contributed by atoms with Crippen LogP contribution in [0.1, 0.15) is 36.6 Å². The Morgan fingerprint density at radius 3 is 2.44 bits per heavy atom. The third kappa shape index (κ3) is 4.06. The van der Waals surface area contributed by atoms with Crippen LogP contribution in [0.15, 0.2) is 78.2 Å². The standard InChI is InChI=1S/C26H19N3O4S/c1-33-19-10-7-16(8-11-19)14-29-24(31)20-12-9-18(13-21(20)25(29)32)23(30)28-26-27-22(15-34-26)17-5-3-2-4-6-17/h2-13,15H,14H2,1H3,(H,27,28,30). The Balaban J connectivity index is 1.32. The van der Waals surface area contributed by atoms with E-state index in [0.29, 0.717) is 10.9 Å². The minimum absolute atomic E-state index is 0.138. The molecule has 8 heteroatoms. The highest BCUT2D eigenvalue weighted by Crippen LogP contribution is 2.28. The first kappa shape index (κ1) is 21.5. The topological polar surface area (TPSA) is 88.6 Å². The van der Waals surface area contributed by atoms with Crippen LogP contribution in [0, 0.1) is 0 Å². The van der Waals surface area contributed by atoms with Crippen molar-refractivity contribution in [3.05, 3.63) is 100 Å². The summed E-state index contributed by atoms with van der Waals surface area (Å²) in [5.74, 6) is -0.509. The fourth-order valence-corrected chi connectivity index (χ4v) is 4.45. The van der Waals surface area contributed by atoms with Crippen LogP contribution in [-0.4, -0.2) is 34.7 Å². The van der Waals surface area contributed by atoms with Gasteiger partial charge in [-0.25, -0.2) is 4.98 Å². The Kier molecular flexibility index (Phi) is 5.65. The minimum Gasteiger partial charge on any atom is -0.497 e. The molecule has 34 heavy (non-hydrogen) atoms. The van der Waals surface area contributed by atoms with Gasteiger partial charge in [-0.2, -0.15) is 0 Å². The van der Waals surface area contributed by atoms with Gasteiger partial charge in [0.15, 0.2) is 5.13 Å². The van der Waals surface area contributed by atoms with Gasteiger partial charge in [-0.15, -0.1) is 11.3 Å². The van der Waals surface area contributed by atoms with Gasteiger partial charge in [0.25, 0.3) is 17.7 Å². The Hall–Kier alpha value is -4.30. The molecule has 0 radical (unpaired) electrons. The van der Waals surface area contributed by atoms with Gasteiger partial charge in [-0.3, -0.25) is 24.6 Å². The average Bonchev–Trinajstić information content (AvgIpc) is 3.43. The third-order valence-electron chi connectivity index (χ3n) is 5.53. The zero-order chi connectivity index (χ0) is 23.7. The van der Waals surface area contributed by atoms with Crippen molar-refractivity contribution in [3.8, 4) is 17.0 Å². The normalized spacial score (nSPS) is 12.6. The molecule has 0 saturated heterocycles. The zero-order valence-electron chi connectivity index (χ0n) is 18.1. The Morgan fingerprint density at radius 1 is 0.971 bits per heavy atom. The number of methoxy groups -OCH3 is 1. The fraction of sp³-hybridized carbons (Fsp3) is 0.0769. The van der Waals surface area contributed by atoms with Crippen LogP contribution in [0.5, 0.6) is 5.75 Å². The second-order valence-corrected chi connectivity index (χ2v) is 8.52. The number of benzene rings is 3. The molecule has 0 fully saturated rings. The van der Waals surface area contributed by atoms with Crippen molar-refractivity contribution >= 4 is 34.2 Å². The number of hydrogen-bond acceptors (Lipinski definition) is 6. The van der Waals surface area contributed by atoms with E-state index in [9.17, 15) is 14.4 Å². The van der Waals surface area contributed by atoms with Crippen LogP contribution in [0.25, 0.3) is 11.3 Å². The lowest BCUT2D eigenvalue weighted by Crippen LogP contribution is -2.29. The number of aromatic nitrogens is 1. The molecule has 4 aromatic rings. The van der Waals surface area contributed by atoms with E-state index in [0.717, 1.165) is 16.8 Å². The van der Waals surface area contributed by atoms with E-state index in [-0.39, 0.29) is 29.1 Å². The van der Waals surface area contributed by atoms with Crippen LogP contribution in [0.4, 0.5) is 5.13 Å². The van der Waals surface area contributed by atoms with Gasteiger partial charge in [-0.05, 0) is 35.9 Å². The second-order valence-electron chi connectivity index (χ2n) is 7.66. The summed E-state index contributed by atoms with van der Waals surface area (Å²) in [6, 6.07) is 21.4. The third-order valence-corrected chi connectivity index (χ3v) is 6.28. The number of nitrogens with zero attached hydrogens (tertiary/aromatic N) is 2. The molecule has 0 aliphatic carbocycles. The molecule has 0 bridgehead atoms. The summed E-state index contributed by atoms with van der Waals surface area (Å²) in [5, 5.41) is 5.09. The summed E-state index contributed by atoms with van der Waals surface area (Å²) >= 11 is 1.32. The van der Waals surface area contributed by atoms with Crippen LogP contribution in [-0.2, 0) is 6.54 Å². The van der Waals surface area contributed by atoms with Crippen LogP contribution in [0.2, 0.25) is 0 Å². The number of fused-ring (bicyclic) bond motifs is 1. The van der Waals surface area contributed by atoms with Crippen LogP contribution >= 0.6 is 11.3 Å². The molecule has 1 aliphatic heterocycles. The first-order valence-corrected chi connectivity index (χ1v) is 11.4. The van der Waals surface area contributed by atoms with E-state index in [2.05, 4.69) is 10.3 Å². The predicted octanol–water partition coefficient (Wildman–Crippen LogP) is 4.87. The maximum absolute atomic E-state index is 13.0. The van der Waals surface area contributed by atoms with Gasteiger partial charge in [0, 0.05) is 16.5 Å². The highest BCUT2D eigenvalue weighted by atomic mass is 32.1. The van der Waals surface area contributed by atoms with Crippen molar-refractivity contribution in [1.82, 2.24) is 9.88 Å². The lowest BCUT2D eigenvalue weighted by atomic mass is 10.1. The number of ether oxygens (including phenoxy) is 1. The SMILES string of the molecule is COc1ccc(CN2C(=O)c3ccc(C(=O)Nc4nc(-c5ccccc5)cs4)cc3C2=O)cc1. The van der Waals surface area contributed by atoms with Gasteiger partial charge in [0.2, 0.25) is 0 Å². The number of imide groups is 1. The van der Waals surface area contributed by atoms with Crippen molar-refractivity contribution < 1.29 is 19.1 Å². The molecule has 7 nitrogen and oxygen atoms in total. The number of carbonyl (C=O) groups is 3. The molecule has 168 valence electrons. The first-order chi connectivity index (χ1) is 16.5. The smallest absolute Gasteiger partial charge is 0.261 e. The van der Waals surface area contributed by atoms with Crippen molar-refractivity contribution in [1.29, 1.82) is 0 Å². The van der Waals surface area contributed by atoms with E-state index in [4.69, 9.17) is 4.74 Å². The average molecular weight is 470 g/mol. The van der Waals surface area contributed by atoms with E-state index in [1.54, 1.807) is 37.4 Å². The molecule has 0 saturated carbocycles. The van der Waals surface area contributed by atoms with E-state index < -0.39 is 11.8 Å². The molecule has 1 aliphatic rings. The molecular weight excluding hydrogens is 450 g/mol. The maximum atomic E-state index is 13.0. The van der Waals surface area contributed by atoms with Gasteiger partial charge >= 0.3 is 0 Å². The lowest BCUT2D eigenvalue weighted by Gasteiger charge is -2.14. The number of amides is 3. The Morgan fingerprint density at radius 2 is 1.71 bits per heavy atom. The molecule has 3 aromatic carbocycles. The van der Waals surface area contributed by atoms with E-state index >= 15 is 0 Å². The summed E-state index contributed by atoms with van der Waals surface area (Å²) < 4.78 is 5.14. The van der Waals surface area contributed by atoms with Gasteiger partial charge in [0.05, 0.1) is 30.5 Å². The van der Waals surface area contributed by atoms with Gasteiger partial charge in [-0.1, -0.05) is 42.5 Å². The summed E-state index contributed by atoms with van der Waals surface area (Å²) in [6.45, 7) is 0.138. The molecule has 5 rings (SSSR count). The van der Waals surface area contributed by atoms with Crippen molar-refractivity contribution in [2.75, 3.05) is 12.4 Å². The second kappa shape index (κ2) is 8.92. The summed E-state index contributed by atoms with van der Waals surface area (Å²) in [4.78, 5) is 44.2. The first-order valence-electron chi connectivity index (χ1n) is 10.5. The van der Waals surface area contributed by atoms with E-state index in [1.807, 2.05) is 35.7 Å². The van der Waals surface area contributed by atoms with Crippen molar-refractivity contribution in [2.45, 2.75) is 6.54 Å². The maximum Gasteiger partial charge on any atom is 0.261 e. The molecule has 0 spiro atoms. The Labute approximate surface area is 199 Å². The van der Waals surface area contributed by atoms with Gasteiger partial charge in [0.1, 0.15) is 5.75 Å². The zero-order valence-corrected chi connectivity index (χ0v) is 19.0. The molecule has 1 aromatic heterocycles. The van der Waals surface area contributed by atoms with E-state index in [1.165, 1.54) is 28.4 Å². The summed E-state index contributed by atoms with van der Waals surface area (Å²) in [5.41, 5.74) is 3.31. The molecule has 1 N–H and O–H groups in total. The van der Waals surface area contributed by atoms with Crippen molar-refractivity contribution in [3.63, 3.8) is 0 Å². The monoisotopic (exact) mass is 469 g/mol. The highest BCUT2D eigenvalue weighted by molar-refractivity contribution is 7.14. The number of hydrogen-bond donors (Lipinski definition) is 1. The summed E-state index contributed by atoms with van der Waals surface area (Å²) in [6.07, 6.45) is 0. The van der Waals surface area contributed by atoms with Crippen LogP contribution < -0.4 is 10.1 Å². The number of thiazole rings is 1.